The van der Waals surface area contributed by atoms with E-state index in [1.165, 1.54) is 4.88 Å². The van der Waals surface area contributed by atoms with Crippen molar-refractivity contribution in [3.05, 3.63) is 51.5 Å². The van der Waals surface area contributed by atoms with E-state index in [-0.39, 0.29) is 0 Å². The van der Waals surface area contributed by atoms with E-state index in [0.717, 1.165) is 23.4 Å². The molecule has 0 aliphatic carbocycles. The zero-order chi connectivity index (χ0) is 12.1. The van der Waals surface area contributed by atoms with Gasteiger partial charge in [0.1, 0.15) is 0 Å². The Labute approximate surface area is 105 Å². The number of nitriles is 1. The Morgan fingerprint density at radius 2 is 2.18 bits per heavy atom. The lowest BCUT2D eigenvalue weighted by Crippen LogP contribution is -2.13. The minimum absolute atomic E-state index is 0.709. The third-order valence-electron chi connectivity index (χ3n) is 2.58. The van der Waals surface area contributed by atoms with Crippen LogP contribution in [-0.2, 0) is 13.1 Å². The topological polar surface area (TPSA) is 48.7 Å². The van der Waals surface area contributed by atoms with Crippen LogP contribution in [0.25, 0.3) is 0 Å². The van der Waals surface area contributed by atoms with Gasteiger partial charge in [0.05, 0.1) is 22.8 Å². The molecule has 2 aromatic rings. The number of hydrogen-bond acceptors (Lipinski definition) is 4. The molecule has 4 heteroatoms. The van der Waals surface area contributed by atoms with E-state index in [2.05, 4.69) is 16.4 Å². The van der Waals surface area contributed by atoms with Gasteiger partial charge in [-0.05, 0) is 18.6 Å². The first-order chi connectivity index (χ1) is 8.31. The fourth-order valence-corrected chi connectivity index (χ4v) is 2.34. The molecule has 0 spiro atoms. The molecule has 86 valence electrons. The third kappa shape index (κ3) is 2.90. The van der Waals surface area contributed by atoms with Crippen LogP contribution in [0.1, 0.15) is 21.7 Å². The van der Waals surface area contributed by atoms with Crippen LogP contribution < -0.4 is 5.32 Å². The molecule has 3 nitrogen and oxygen atoms in total. The van der Waals surface area contributed by atoms with Crippen molar-refractivity contribution in [1.82, 2.24) is 10.3 Å². The van der Waals surface area contributed by atoms with E-state index in [1.54, 1.807) is 11.3 Å². The number of aryl methyl sites for hydroxylation is 1. The highest BCUT2D eigenvalue weighted by Crippen LogP contribution is 2.12. The summed E-state index contributed by atoms with van der Waals surface area (Å²) in [5, 5.41) is 12.3. The van der Waals surface area contributed by atoms with E-state index in [9.17, 15) is 0 Å². The van der Waals surface area contributed by atoms with E-state index in [4.69, 9.17) is 5.26 Å². The van der Waals surface area contributed by atoms with Crippen molar-refractivity contribution in [3.8, 4) is 6.07 Å². The van der Waals surface area contributed by atoms with Gasteiger partial charge in [-0.2, -0.15) is 5.26 Å². The van der Waals surface area contributed by atoms with Crippen molar-refractivity contribution < 1.29 is 0 Å². The lowest BCUT2D eigenvalue weighted by Gasteiger charge is -2.05. The summed E-state index contributed by atoms with van der Waals surface area (Å²) in [7, 11) is 0. The quantitative estimate of drug-likeness (QED) is 0.898. The Morgan fingerprint density at radius 1 is 1.35 bits per heavy atom. The molecule has 0 saturated carbocycles. The molecule has 0 aliphatic rings. The predicted octanol–water partition coefficient (Wildman–Crippen LogP) is 2.61. The van der Waals surface area contributed by atoms with Crippen LogP contribution in [0.2, 0.25) is 0 Å². The van der Waals surface area contributed by atoms with Crippen molar-refractivity contribution in [2.75, 3.05) is 0 Å². The number of thiazole rings is 1. The first-order valence-electron chi connectivity index (χ1n) is 5.39. The summed E-state index contributed by atoms with van der Waals surface area (Å²) in [6.07, 6.45) is 0. The Bertz CT molecular complexity index is 540. The Hall–Kier alpha value is -1.70. The maximum absolute atomic E-state index is 8.96. The number of hydrogen-bond donors (Lipinski definition) is 1. The zero-order valence-corrected chi connectivity index (χ0v) is 10.4. The van der Waals surface area contributed by atoms with Crippen LogP contribution in [0.15, 0.2) is 29.8 Å². The summed E-state index contributed by atoms with van der Waals surface area (Å²) in [4.78, 5) is 5.45. The van der Waals surface area contributed by atoms with Gasteiger partial charge in [-0.25, -0.2) is 4.98 Å². The van der Waals surface area contributed by atoms with Gasteiger partial charge in [0.15, 0.2) is 0 Å². The van der Waals surface area contributed by atoms with E-state index in [0.29, 0.717) is 6.54 Å². The SMILES string of the molecule is Cc1ncsc1CNCc1ccccc1C#N. The van der Waals surface area contributed by atoms with Crippen LogP contribution in [0.4, 0.5) is 0 Å². The Balaban J connectivity index is 1.95. The Morgan fingerprint density at radius 3 is 2.88 bits per heavy atom. The summed E-state index contributed by atoms with van der Waals surface area (Å²) in [6.45, 7) is 3.52. The summed E-state index contributed by atoms with van der Waals surface area (Å²) < 4.78 is 0. The fraction of sp³-hybridized carbons (Fsp3) is 0.231. The molecule has 17 heavy (non-hydrogen) atoms. The summed E-state index contributed by atoms with van der Waals surface area (Å²) >= 11 is 1.66. The molecule has 0 bridgehead atoms. The van der Waals surface area contributed by atoms with Gasteiger partial charge in [0, 0.05) is 18.0 Å². The van der Waals surface area contributed by atoms with E-state index < -0.39 is 0 Å². The maximum Gasteiger partial charge on any atom is 0.0995 e. The average molecular weight is 243 g/mol. The molecule has 1 aromatic carbocycles. The summed E-state index contributed by atoms with van der Waals surface area (Å²) in [5.74, 6) is 0. The minimum atomic E-state index is 0.709. The molecular weight excluding hydrogens is 230 g/mol. The molecule has 1 aromatic heterocycles. The number of nitrogens with one attached hydrogen (secondary N) is 1. The predicted molar refractivity (Wildman–Crippen MR) is 68.6 cm³/mol. The number of rotatable bonds is 4. The summed E-state index contributed by atoms with van der Waals surface area (Å²) in [6, 6.07) is 9.86. The molecule has 0 fully saturated rings. The lowest BCUT2D eigenvalue weighted by molar-refractivity contribution is 0.696. The molecule has 0 unspecified atom stereocenters. The van der Waals surface area contributed by atoms with Crippen LogP contribution in [0.3, 0.4) is 0 Å². The largest absolute Gasteiger partial charge is 0.308 e. The fourth-order valence-electron chi connectivity index (χ4n) is 1.59. The van der Waals surface area contributed by atoms with Gasteiger partial charge in [-0.15, -0.1) is 11.3 Å². The monoisotopic (exact) mass is 243 g/mol. The number of benzene rings is 1. The van der Waals surface area contributed by atoms with Gasteiger partial charge in [-0.3, -0.25) is 0 Å². The van der Waals surface area contributed by atoms with Gasteiger partial charge >= 0.3 is 0 Å². The van der Waals surface area contributed by atoms with Crippen molar-refractivity contribution in [3.63, 3.8) is 0 Å². The second kappa shape index (κ2) is 5.58. The first-order valence-corrected chi connectivity index (χ1v) is 6.27. The summed E-state index contributed by atoms with van der Waals surface area (Å²) in [5.41, 5.74) is 4.71. The second-order valence-electron chi connectivity index (χ2n) is 3.73. The Kier molecular flexibility index (Phi) is 3.86. The maximum atomic E-state index is 8.96. The smallest absolute Gasteiger partial charge is 0.0995 e. The van der Waals surface area contributed by atoms with Gasteiger partial charge in [-0.1, -0.05) is 18.2 Å². The van der Waals surface area contributed by atoms with Crippen molar-refractivity contribution >= 4 is 11.3 Å². The highest BCUT2D eigenvalue weighted by molar-refractivity contribution is 7.09. The average Bonchev–Trinajstić information content (AvgIpc) is 2.76. The van der Waals surface area contributed by atoms with Crippen LogP contribution in [0, 0.1) is 18.3 Å². The molecule has 0 radical (unpaired) electrons. The van der Waals surface area contributed by atoms with Crippen LogP contribution in [-0.4, -0.2) is 4.98 Å². The molecule has 1 N–H and O–H groups in total. The molecular formula is C13H13N3S. The standard InChI is InChI=1S/C13H13N3S/c1-10-13(17-9-16-10)8-15-7-12-5-3-2-4-11(12)6-14/h2-5,9,15H,7-8H2,1H3. The molecule has 2 rings (SSSR count). The minimum Gasteiger partial charge on any atom is -0.308 e. The normalized spacial score (nSPS) is 10.1. The van der Waals surface area contributed by atoms with Gasteiger partial charge in [0.2, 0.25) is 0 Å². The molecule has 0 saturated heterocycles. The highest BCUT2D eigenvalue weighted by Gasteiger charge is 2.02. The van der Waals surface area contributed by atoms with Crippen molar-refractivity contribution in [1.29, 1.82) is 5.26 Å². The van der Waals surface area contributed by atoms with Crippen molar-refractivity contribution in [2.45, 2.75) is 20.0 Å². The molecule has 1 heterocycles. The van der Waals surface area contributed by atoms with Gasteiger partial charge < -0.3 is 5.32 Å². The molecule has 0 atom stereocenters. The number of aromatic nitrogens is 1. The second-order valence-corrected chi connectivity index (χ2v) is 4.67. The molecule has 0 amide bonds. The third-order valence-corrected chi connectivity index (χ3v) is 3.52. The number of nitrogens with zero attached hydrogens (tertiary/aromatic N) is 2. The van der Waals surface area contributed by atoms with Crippen LogP contribution in [0.5, 0.6) is 0 Å². The zero-order valence-electron chi connectivity index (χ0n) is 9.60. The molecule has 0 aliphatic heterocycles. The first kappa shape index (κ1) is 11.8. The van der Waals surface area contributed by atoms with Crippen molar-refractivity contribution in [2.24, 2.45) is 0 Å². The van der Waals surface area contributed by atoms with Crippen LogP contribution >= 0.6 is 11.3 Å². The van der Waals surface area contributed by atoms with E-state index >= 15 is 0 Å². The van der Waals surface area contributed by atoms with Gasteiger partial charge in [0.25, 0.3) is 0 Å². The van der Waals surface area contributed by atoms with E-state index in [1.807, 2.05) is 36.7 Å². The highest BCUT2D eigenvalue weighted by atomic mass is 32.1. The lowest BCUT2D eigenvalue weighted by atomic mass is 10.1.